The number of hydrogen-bond acceptors (Lipinski definition) is 7. The van der Waals surface area contributed by atoms with E-state index in [2.05, 4.69) is 17.0 Å². The van der Waals surface area contributed by atoms with Crippen molar-refractivity contribution >= 4 is 51.3 Å². The van der Waals surface area contributed by atoms with Gasteiger partial charge in [-0.15, -0.1) is 6.58 Å². The second-order valence-electron chi connectivity index (χ2n) is 10.4. The fourth-order valence-corrected chi connectivity index (χ4v) is 5.18. The van der Waals surface area contributed by atoms with Gasteiger partial charge in [0.2, 0.25) is 5.82 Å². The van der Waals surface area contributed by atoms with Crippen LogP contribution in [-0.4, -0.2) is 35.0 Å². The van der Waals surface area contributed by atoms with Gasteiger partial charge in [0.05, 0.1) is 23.7 Å². The smallest absolute Gasteiger partial charge is 0.282 e. The molecule has 0 aliphatic heterocycles. The van der Waals surface area contributed by atoms with Gasteiger partial charge in [-0.1, -0.05) is 29.8 Å². The Morgan fingerprint density at radius 1 is 1.09 bits per heavy atom. The summed E-state index contributed by atoms with van der Waals surface area (Å²) in [7, 11) is 0. The van der Waals surface area contributed by atoms with Crippen LogP contribution in [0, 0.1) is 5.82 Å². The molecule has 0 fully saturated rings. The minimum absolute atomic E-state index is 0.209. The van der Waals surface area contributed by atoms with Gasteiger partial charge in [0.1, 0.15) is 11.4 Å². The topological polar surface area (TPSA) is 108 Å². The largest absolute Gasteiger partial charge is 0.490 e. The van der Waals surface area contributed by atoms with Crippen LogP contribution in [0.15, 0.2) is 112 Å². The number of fused-ring (bicyclic) bond motifs is 2. The third-order valence-electron chi connectivity index (χ3n) is 7.07. The quantitative estimate of drug-likeness (QED) is 0.114. The number of nitrogens with zero attached hydrogens (tertiary/aromatic N) is 3. The second-order valence-corrected chi connectivity index (χ2v) is 10.8. The van der Waals surface area contributed by atoms with E-state index in [1.165, 1.54) is 35.2 Å². The molecule has 1 amide bonds. The number of benzene rings is 4. The fraction of sp³-hybridized carbons (Fsp3) is 0.111. The number of anilines is 1. The summed E-state index contributed by atoms with van der Waals surface area (Å²) in [4.78, 5) is 31.1. The van der Waals surface area contributed by atoms with Crippen molar-refractivity contribution in [1.29, 1.82) is 0 Å². The number of carbonyl (C=O) groups excluding carboxylic acids is 1. The number of aromatic nitrogens is 2. The predicted molar refractivity (Wildman–Crippen MR) is 181 cm³/mol. The maximum atomic E-state index is 13.7. The highest BCUT2D eigenvalue weighted by atomic mass is 35.5. The summed E-state index contributed by atoms with van der Waals surface area (Å²) in [5, 5.41) is 8.93. The highest BCUT2D eigenvalue weighted by Gasteiger charge is 2.18. The van der Waals surface area contributed by atoms with Crippen LogP contribution in [0.3, 0.4) is 0 Å². The summed E-state index contributed by atoms with van der Waals surface area (Å²) in [5.41, 5.74) is 2.40. The van der Waals surface area contributed by atoms with Gasteiger partial charge in [-0.3, -0.25) is 9.59 Å². The second kappa shape index (κ2) is 13.7. The van der Waals surface area contributed by atoms with E-state index < -0.39 is 11.7 Å². The van der Waals surface area contributed by atoms with Gasteiger partial charge in [0.15, 0.2) is 23.9 Å². The molecule has 2 heterocycles. The molecule has 4 aromatic carbocycles. The number of halogens is 2. The first kappa shape index (κ1) is 31.3. The molecule has 0 saturated heterocycles. The monoisotopic (exact) mass is 650 g/mol. The minimum atomic E-state index is -0.433. The Kier molecular flexibility index (Phi) is 9.12. The molecule has 6 rings (SSSR count). The number of furan rings is 1. The Balaban J connectivity index is 1.36. The van der Waals surface area contributed by atoms with Crippen LogP contribution in [0.5, 0.6) is 11.5 Å². The molecule has 236 valence electrons. The van der Waals surface area contributed by atoms with E-state index in [-0.39, 0.29) is 18.0 Å². The van der Waals surface area contributed by atoms with Crippen molar-refractivity contribution in [3.63, 3.8) is 0 Å². The number of rotatable bonds is 11. The van der Waals surface area contributed by atoms with Crippen LogP contribution >= 0.6 is 11.6 Å². The van der Waals surface area contributed by atoms with Gasteiger partial charge < -0.3 is 19.2 Å². The lowest BCUT2D eigenvalue weighted by Gasteiger charge is -2.16. The zero-order valence-electron chi connectivity index (χ0n) is 25.2. The Bertz CT molecular complexity index is 2210. The van der Waals surface area contributed by atoms with E-state index in [1.54, 1.807) is 60.7 Å². The third-order valence-corrected chi connectivity index (χ3v) is 7.30. The molecule has 9 nitrogen and oxygen atoms in total. The molecule has 0 unspecified atom stereocenters. The molecule has 6 aromatic rings. The van der Waals surface area contributed by atoms with E-state index in [9.17, 15) is 14.0 Å². The normalized spacial score (nSPS) is 11.3. The summed E-state index contributed by atoms with van der Waals surface area (Å²) < 4.78 is 32.3. The molecule has 0 aliphatic rings. The van der Waals surface area contributed by atoms with Crippen molar-refractivity contribution in [2.24, 2.45) is 5.10 Å². The third kappa shape index (κ3) is 6.92. The van der Waals surface area contributed by atoms with E-state index in [1.807, 2.05) is 13.0 Å². The Labute approximate surface area is 273 Å². The Hall–Kier alpha value is -5.74. The van der Waals surface area contributed by atoms with E-state index in [0.717, 1.165) is 5.39 Å². The summed E-state index contributed by atoms with van der Waals surface area (Å²) in [6, 6.07) is 22.9. The number of nitrogens with one attached hydrogen (secondary N) is 1. The van der Waals surface area contributed by atoms with Crippen molar-refractivity contribution in [3.05, 3.63) is 130 Å². The van der Waals surface area contributed by atoms with Gasteiger partial charge in [0.25, 0.3) is 11.5 Å². The summed E-state index contributed by atoms with van der Waals surface area (Å²) in [5.74, 6) is 0.451. The first-order chi connectivity index (χ1) is 22.8. The summed E-state index contributed by atoms with van der Waals surface area (Å²) in [6.45, 7) is 5.68. The molecule has 0 spiro atoms. The number of amides is 1. The van der Waals surface area contributed by atoms with Crippen molar-refractivity contribution < 1.29 is 23.1 Å². The standard InChI is InChI=1S/C36H28ClFN4O5/c1-3-7-23-16-22(17-31(45-4-2)34(23)46-21-33(43)40-27-13-11-26(38)12-14-27)20-39-42-35(41-29-9-6-5-8-28(29)36(42)44)32-19-24-18-25(37)10-15-30(24)47-32/h3,5-6,8-20H,1,4,7,21H2,2H3,(H,40,43). The average Bonchev–Trinajstić information content (AvgIpc) is 3.48. The van der Waals surface area contributed by atoms with Crippen molar-refractivity contribution in [2.75, 3.05) is 18.5 Å². The molecule has 0 radical (unpaired) electrons. The molecule has 0 saturated carbocycles. The van der Waals surface area contributed by atoms with Crippen molar-refractivity contribution in [3.8, 4) is 23.1 Å². The molecule has 2 aromatic heterocycles. The van der Waals surface area contributed by atoms with Gasteiger partial charge >= 0.3 is 0 Å². The highest BCUT2D eigenvalue weighted by Crippen LogP contribution is 2.34. The van der Waals surface area contributed by atoms with Crippen molar-refractivity contribution in [2.45, 2.75) is 13.3 Å². The van der Waals surface area contributed by atoms with Crippen LogP contribution in [0.4, 0.5) is 10.1 Å². The van der Waals surface area contributed by atoms with Gasteiger partial charge in [0, 0.05) is 21.7 Å². The molecule has 1 N–H and O–H groups in total. The van der Waals surface area contributed by atoms with E-state index in [4.69, 9.17) is 30.5 Å². The number of ether oxygens (including phenoxy) is 2. The zero-order valence-corrected chi connectivity index (χ0v) is 26.0. The van der Waals surface area contributed by atoms with Crippen LogP contribution < -0.4 is 20.3 Å². The van der Waals surface area contributed by atoms with E-state index in [0.29, 0.717) is 68.6 Å². The van der Waals surface area contributed by atoms with Crippen LogP contribution in [0.1, 0.15) is 18.1 Å². The minimum Gasteiger partial charge on any atom is -0.490 e. The number of hydrogen-bond donors (Lipinski definition) is 1. The molecule has 47 heavy (non-hydrogen) atoms. The van der Waals surface area contributed by atoms with Crippen LogP contribution in [-0.2, 0) is 11.2 Å². The first-order valence-electron chi connectivity index (χ1n) is 14.7. The van der Waals surface area contributed by atoms with Crippen LogP contribution in [0.25, 0.3) is 33.5 Å². The fourth-order valence-electron chi connectivity index (χ4n) is 5.00. The van der Waals surface area contributed by atoms with Gasteiger partial charge in [-0.05, 0) is 91.7 Å². The average molecular weight is 651 g/mol. The van der Waals surface area contributed by atoms with E-state index >= 15 is 0 Å². The molecular formula is C36H28ClFN4O5. The summed E-state index contributed by atoms with van der Waals surface area (Å²) in [6.07, 6.45) is 3.60. The number of carbonyl (C=O) groups is 1. The maximum Gasteiger partial charge on any atom is 0.282 e. The van der Waals surface area contributed by atoms with Gasteiger partial charge in [-0.2, -0.15) is 9.78 Å². The molecule has 0 bridgehead atoms. The lowest BCUT2D eigenvalue weighted by atomic mass is 10.1. The maximum absolute atomic E-state index is 13.7. The van der Waals surface area contributed by atoms with Gasteiger partial charge in [-0.25, -0.2) is 9.37 Å². The highest BCUT2D eigenvalue weighted by molar-refractivity contribution is 6.31. The Morgan fingerprint density at radius 3 is 2.68 bits per heavy atom. The molecule has 11 heteroatoms. The zero-order chi connectivity index (χ0) is 32.9. The molecule has 0 atom stereocenters. The SMILES string of the molecule is C=CCc1cc(C=Nn2c(-c3cc4cc(Cl)ccc4o3)nc3ccccc3c2=O)cc(OCC)c1OCC(=O)Nc1ccc(F)cc1. The van der Waals surface area contributed by atoms with Crippen LogP contribution in [0.2, 0.25) is 5.02 Å². The first-order valence-corrected chi connectivity index (χ1v) is 15.0. The summed E-state index contributed by atoms with van der Waals surface area (Å²) >= 11 is 6.19. The number of para-hydroxylation sites is 1. The van der Waals surface area contributed by atoms with Crippen molar-refractivity contribution in [1.82, 2.24) is 9.66 Å². The Morgan fingerprint density at radius 2 is 1.89 bits per heavy atom. The lowest BCUT2D eigenvalue weighted by molar-refractivity contribution is -0.118. The molecular weight excluding hydrogens is 623 g/mol. The predicted octanol–water partition coefficient (Wildman–Crippen LogP) is 7.63. The lowest BCUT2D eigenvalue weighted by Crippen LogP contribution is -2.21. The molecule has 0 aliphatic carbocycles. The number of allylic oxidation sites excluding steroid dienone is 1.